The normalized spacial score (nSPS) is 12.4. The van der Waals surface area contributed by atoms with Crippen LogP contribution < -0.4 is 15.7 Å². The number of aryl methyl sites for hydroxylation is 1. The van der Waals surface area contributed by atoms with E-state index in [-0.39, 0.29) is 5.63 Å². The molecule has 0 amide bonds. The third-order valence-corrected chi connectivity index (χ3v) is 5.68. The summed E-state index contributed by atoms with van der Waals surface area (Å²) < 4.78 is 16.7. The molecule has 0 aliphatic heterocycles. The highest BCUT2D eigenvalue weighted by Gasteiger charge is 2.07. The molecule has 1 unspecified atom stereocenters. The number of fused-ring (bicyclic) bond motifs is 1. The molecule has 2 rings (SSSR count). The smallest absolute Gasteiger partial charge is 0.339 e. The van der Waals surface area contributed by atoms with Gasteiger partial charge >= 0.3 is 5.63 Å². The summed E-state index contributed by atoms with van der Waals surface area (Å²) in [5.41, 5.74) is 1.26. The van der Waals surface area contributed by atoms with E-state index in [1.165, 1.54) is 12.5 Å². The lowest BCUT2D eigenvalue weighted by Gasteiger charge is -2.10. The van der Waals surface area contributed by atoms with Gasteiger partial charge in [0, 0.05) is 6.61 Å². The van der Waals surface area contributed by atoms with Gasteiger partial charge in [-0.05, 0) is 61.4 Å². The summed E-state index contributed by atoms with van der Waals surface area (Å²) >= 11 is 1.91. The Labute approximate surface area is 172 Å². The summed E-state index contributed by atoms with van der Waals surface area (Å²) in [5.74, 6) is 3.43. The van der Waals surface area contributed by atoms with Gasteiger partial charge in [0.1, 0.15) is 11.3 Å². The van der Waals surface area contributed by atoms with E-state index >= 15 is 0 Å². The molecule has 0 aliphatic rings. The molecule has 1 aromatic carbocycles. The van der Waals surface area contributed by atoms with Gasteiger partial charge in [-0.15, -0.1) is 0 Å². The molecule has 6 heteroatoms. The van der Waals surface area contributed by atoms with Gasteiger partial charge in [0.05, 0.1) is 24.8 Å². The summed E-state index contributed by atoms with van der Waals surface area (Å²) in [4.78, 5) is 11.7. The van der Waals surface area contributed by atoms with Crippen molar-refractivity contribution >= 4 is 22.7 Å². The van der Waals surface area contributed by atoms with E-state index in [1.807, 2.05) is 36.9 Å². The summed E-state index contributed by atoms with van der Waals surface area (Å²) in [6, 6.07) is 7.22. The molecule has 2 aromatic rings. The standard InChI is InChI=1S/C22H33NO4S/c1-4-17(2)15-23-16-25-9-5-11-28-12-6-10-26-20-14-22(24)27-21-13-18(3)7-8-19(20)21/h7-8,13-14,17,23H,4-6,9-12,15-16H2,1-3H3. The number of thioether (sulfide) groups is 1. The molecule has 0 saturated carbocycles. The summed E-state index contributed by atoms with van der Waals surface area (Å²) in [6.45, 7) is 9.46. The van der Waals surface area contributed by atoms with Crippen molar-refractivity contribution in [1.82, 2.24) is 5.32 Å². The molecule has 5 nitrogen and oxygen atoms in total. The Morgan fingerprint density at radius 3 is 2.75 bits per heavy atom. The van der Waals surface area contributed by atoms with Crippen LogP contribution in [0.5, 0.6) is 5.75 Å². The molecule has 156 valence electrons. The molecular formula is C22H33NO4S. The minimum atomic E-state index is -0.374. The Morgan fingerprint density at radius 2 is 1.96 bits per heavy atom. The van der Waals surface area contributed by atoms with E-state index in [0.29, 0.717) is 30.6 Å². The fraction of sp³-hybridized carbons (Fsp3) is 0.591. The van der Waals surface area contributed by atoms with E-state index in [2.05, 4.69) is 19.2 Å². The lowest BCUT2D eigenvalue weighted by Crippen LogP contribution is -2.23. The predicted octanol–water partition coefficient (Wildman–Crippen LogP) is 4.60. The van der Waals surface area contributed by atoms with E-state index in [4.69, 9.17) is 13.9 Å². The fourth-order valence-corrected chi connectivity index (χ4v) is 3.51. The van der Waals surface area contributed by atoms with Crippen molar-refractivity contribution in [2.24, 2.45) is 5.92 Å². The number of ether oxygens (including phenoxy) is 2. The molecule has 0 aliphatic carbocycles. The van der Waals surface area contributed by atoms with Gasteiger partial charge in [0.15, 0.2) is 0 Å². The summed E-state index contributed by atoms with van der Waals surface area (Å²) in [7, 11) is 0. The second-order valence-electron chi connectivity index (χ2n) is 7.12. The second-order valence-corrected chi connectivity index (χ2v) is 8.34. The van der Waals surface area contributed by atoms with Gasteiger partial charge in [0.2, 0.25) is 0 Å². The Balaban J connectivity index is 1.54. The molecular weight excluding hydrogens is 374 g/mol. The first kappa shape index (κ1) is 22.8. The highest BCUT2D eigenvalue weighted by Crippen LogP contribution is 2.24. The zero-order valence-electron chi connectivity index (χ0n) is 17.3. The summed E-state index contributed by atoms with van der Waals surface area (Å²) in [5, 5.41) is 4.16. The van der Waals surface area contributed by atoms with Crippen molar-refractivity contribution < 1.29 is 13.9 Å². The lowest BCUT2D eigenvalue weighted by atomic mass is 10.1. The average Bonchev–Trinajstić information content (AvgIpc) is 2.67. The number of rotatable bonds is 14. The Kier molecular flexibility index (Phi) is 10.5. The van der Waals surface area contributed by atoms with Crippen molar-refractivity contribution in [2.45, 2.75) is 40.0 Å². The van der Waals surface area contributed by atoms with Crippen LogP contribution in [0.4, 0.5) is 0 Å². The van der Waals surface area contributed by atoms with Crippen molar-refractivity contribution in [3.8, 4) is 5.75 Å². The second kappa shape index (κ2) is 12.9. The Morgan fingerprint density at radius 1 is 1.18 bits per heavy atom. The molecule has 0 spiro atoms. The molecule has 1 heterocycles. The molecule has 0 saturated heterocycles. The van der Waals surface area contributed by atoms with Crippen molar-refractivity contribution in [3.63, 3.8) is 0 Å². The van der Waals surface area contributed by atoms with Crippen molar-refractivity contribution in [3.05, 3.63) is 40.2 Å². The molecule has 0 bridgehead atoms. The first-order chi connectivity index (χ1) is 13.6. The van der Waals surface area contributed by atoms with Crippen molar-refractivity contribution in [1.29, 1.82) is 0 Å². The van der Waals surface area contributed by atoms with Crippen LogP contribution in [0.15, 0.2) is 33.5 Å². The number of hydrogen-bond acceptors (Lipinski definition) is 6. The van der Waals surface area contributed by atoms with Crippen LogP contribution in [-0.2, 0) is 4.74 Å². The number of hydrogen-bond donors (Lipinski definition) is 1. The van der Waals surface area contributed by atoms with Crippen LogP contribution in [0, 0.1) is 12.8 Å². The van der Waals surface area contributed by atoms with Crippen LogP contribution in [0.3, 0.4) is 0 Å². The van der Waals surface area contributed by atoms with Crippen LogP contribution in [0.2, 0.25) is 0 Å². The number of benzene rings is 1. The summed E-state index contributed by atoms with van der Waals surface area (Å²) in [6.07, 6.45) is 3.19. The molecule has 1 aromatic heterocycles. The third-order valence-electron chi connectivity index (χ3n) is 4.52. The van der Waals surface area contributed by atoms with Gasteiger partial charge in [-0.1, -0.05) is 26.3 Å². The molecule has 1 N–H and O–H groups in total. The van der Waals surface area contributed by atoms with Gasteiger partial charge in [-0.25, -0.2) is 4.79 Å². The van der Waals surface area contributed by atoms with Crippen LogP contribution in [0.25, 0.3) is 11.0 Å². The van der Waals surface area contributed by atoms with E-state index < -0.39 is 0 Å². The largest absolute Gasteiger partial charge is 0.493 e. The van der Waals surface area contributed by atoms with Crippen LogP contribution >= 0.6 is 11.8 Å². The maximum atomic E-state index is 11.7. The van der Waals surface area contributed by atoms with E-state index in [1.54, 1.807) is 0 Å². The zero-order chi connectivity index (χ0) is 20.2. The molecule has 1 atom stereocenters. The lowest BCUT2D eigenvalue weighted by molar-refractivity contribution is 0.115. The van der Waals surface area contributed by atoms with Gasteiger partial charge < -0.3 is 13.9 Å². The monoisotopic (exact) mass is 407 g/mol. The molecule has 0 fully saturated rings. The fourth-order valence-electron chi connectivity index (χ4n) is 2.66. The molecule has 28 heavy (non-hydrogen) atoms. The zero-order valence-corrected chi connectivity index (χ0v) is 18.1. The first-order valence-corrected chi connectivity index (χ1v) is 11.3. The highest BCUT2D eigenvalue weighted by atomic mass is 32.2. The Hall–Kier alpha value is -1.50. The maximum Gasteiger partial charge on any atom is 0.339 e. The van der Waals surface area contributed by atoms with Gasteiger partial charge in [-0.2, -0.15) is 11.8 Å². The van der Waals surface area contributed by atoms with Crippen LogP contribution in [-0.4, -0.2) is 38.0 Å². The van der Waals surface area contributed by atoms with E-state index in [0.717, 1.165) is 48.4 Å². The van der Waals surface area contributed by atoms with E-state index in [9.17, 15) is 4.79 Å². The average molecular weight is 408 g/mol. The first-order valence-electron chi connectivity index (χ1n) is 10.1. The van der Waals surface area contributed by atoms with Gasteiger partial charge in [0.25, 0.3) is 0 Å². The topological polar surface area (TPSA) is 60.7 Å². The SMILES string of the molecule is CCC(C)CNCOCCCSCCCOc1cc(=O)oc2cc(C)ccc12. The number of nitrogens with one attached hydrogen (secondary N) is 1. The minimum absolute atomic E-state index is 0.374. The predicted molar refractivity (Wildman–Crippen MR) is 118 cm³/mol. The van der Waals surface area contributed by atoms with Gasteiger partial charge in [-0.3, -0.25) is 5.32 Å². The molecule has 0 radical (unpaired) electrons. The minimum Gasteiger partial charge on any atom is -0.493 e. The van der Waals surface area contributed by atoms with Crippen LogP contribution in [0.1, 0.15) is 38.7 Å². The Bertz CT molecular complexity index is 762. The third kappa shape index (κ3) is 8.25. The van der Waals surface area contributed by atoms with Crippen molar-refractivity contribution in [2.75, 3.05) is 38.0 Å². The quantitative estimate of drug-likeness (QED) is 0.280. The highest BCUT2D eigenvalue weighted by molar-refractivity contribution is 7.99. The maximum absolute atomic E-state index is 11.7.